The molecule has 0 aliphatic carbocycles. The molecule has 10 heteroatoms. The summed E-state index contributed by atoms with van der Waals surface area (Å²) in [5.41, 5.74) is 0.610. The quantitative estimate of drug-likeness (QED) is 0.621. The van der Waals surface area contributed by atoms with Gasteiger partial charge in [-0.1, -0.05) is 12.1 Å². The van der Waals surface area contributed by atoms with E-state index in [1.54, 1.807) is 12.1 Å². The first-order chi connectivity index (χ1) is 16.3. The largest absolute Gasteiger partial charge is 0.381 e. The van der Waals surface area contributed by atoms with Gasteiger partial charge in [-0.2, -0.15) is 0 Å². The maximum absolute atomic E-state index is 14.1. The second-order valence-corrected chi connectivity index (χ2v) is 11.4. The number of nitrogens with one attached hydrogen (secondary N) is 1. The lowest BCUT2D eigenvalue weighted by molar-refractivity contribution is -0.145. The third-order valence-electron chi connectivity index (χ3n) is 7.14. The van der Waals surface area contributed by atoms with Crippen molar-refractivity contribution in [1.29, 1.82) is 0 Å². The molecule has 3 saturated heterocycles. The van der Waals surface area contributed by atoms with Crippen LogP contribution in [-0.2, 0) is 24.3 Å². The number of halogens is 1. The SMILES string of the molecule is CS(=O)(=O)N[C@H]1CCCN(C(=O)C2CCOCC2)[C@H]1COC1CCN(c2ccccc2F)CC1. The van der Waals surface area contributed by atoms with Crippen molar-refractivity contribution in [3.8, 4) is 0 Å². The number of likely N-dealkylation sites (tertiary alicyclic amines) is 1. The van der Waals surface area contributed by atoms with Gasteiger partial charge in [0.1, 0.15) is 5.82 Å². The van der Waals surface area contributed by atoms with Gasteiger partial charge in [-0.05, 0) is 50.7 Å². The minimum atomic E-state index is -3.42. The molecule has 3 fully saturated rings. The van der Waals surface area contributed by atoms with Crippen LogP contribution < -0.4 is 9.62 Å². The van der Waals surface area contributed by atoms with Crippen molar-refractivity contribution in [3.05, 3.63) is 30.1 Å². The highest BCUT2D eigenvalue weighted by molar-refractivity contribution is 7.88. The number of para-hydroxylation sites is 1. The van der Waals surface area contributed by atoms with Crippen LogP contribution in [0.4, 0.5) is 10.1 Å². The fourth-order valence-electron chi connectivity index (χ4n) is 5.33. The van der Waals surface area contributed by atoms with Crippen LogP contribution in [0.2, 0.25) is 0 Å². The number of hydrogen-bond acceptors (Lipinski definition) is 6. The molecular formula is C24H36FN3O5S. The Morgan fingerprint density at radius 2 is 1.82 bits per heavy atom. The van der Waals surface area contributed by atoms with Crippen molar-refractivity contribution in [1.82, 2.24) is 9.62 Å². The van der Waals surface area contributed by atoms with E-state index in [2.05, 4.69) is 4.72 Å². The lowest BCUT2D eigenvalue weighted by Gasteiger charge is -2.44. The zero-order chi connectivity index (χ0) is 24.1. The summed E-state index contributed by atoms with van der Waals surface area (Å²) in [6.45, 7) is 3.43. The van der Waals surface area contributed by atoms with Gasteiger partial charge in [0.15, 0.2) is 0 Å². The van der Waals surface area contributed by atoms with Crippen LogP contribution in [0, 0.1) is 11.7 Å². The van der Waals surface area contributed by atoms with Crippen LogP contribution in [-0.4, -0.2) is 83.1 Å². The molecule has 3 heterocycles. The monoisotopic (exact) mass is 497 g/mol. The van der Waals surface area contributed by atoms with Crippen LogP contribution in [0.3, 0.4) is 0 Å². The molecule has 1 amide bonds. The average Bonchev–Trinajstić information content (AvgIpc) is 2.83. The number of amides is 1. The smallest absolute Gasteiger partial charge is 0.226 e. The lowest BCUT2D eigenvalue weighted by atomic mass is 9.92. The number of nitrogens with zero attached hydrogens (tertiary/aromatic N) is 2. The van der Waals surface area contributed by atoms with Crippen molar-refractivity contribution in [2.45, 2.75) is 56.7 Å². The van der Waals surface area contributed by atoms with E-state index >= 15 is 0 Å². The number of sulfonamides is 1. The lowest BCUT2D eigenvalue weighted by Crippen LogP contribution is -2.60. The first kappa shape index (κ1) is 25.3. The minimum absolute atomic E-state index is 0.0103. The summed E-state index contributed by atoms with van der Waals surface area (Å²) in [5, 5.41) is 0. The van der Waals surface area contributed by atoms with Crippen molar-refractivity contribution in [3.63, 3.8) is 0 Å². The molecule has 3 aliphatic heterocycles. The van der Waals surface area contributed by atoms with Crippen LogP contribution in [0.15, 0.2) is 24.3 Å². The number of carbonyl (C=O) groups is 1. The third-order valence-corrected chi connectivity index (χ3v) is 7.87. The van der Waals surface area contributed by atoms with E-state index in [-0.39, 0.29) is 42.4 Å². The fourth-order valence-corrected chi connectivity index (χ4v) is 6.16. The highest BCUT2D eigenvalue weighted by Crippen LogP contribution is 2.27. The predicted octanol–water partition coefficient (Wildman–Crippen LogP) is 2.15. The Morgan fingerprint density at radius 1 is 1.12 bits per heavy atom. The van der Waals surface area contributed by atoms with Crippen LogP contribution >= 0.6 is 0 Å². The average molecular weight is 498 g/mol. The van der Waals surface area contributed by atoms with Gasteiger partial charge in [0, 0.05) is 44.8 Å². The van der Waals surface area contributed by atoms with Gasteiger partial charge in [-0.25, -0.2) is 17.5 Å². The number of anilines is 1. The summed E-state index contributed by atoms with van der Waals surface area (Å²) in [6.07, 6.45) is 5.46. The molecule has 0 aromatic heterocycles. The standard InChI is InChI=1S/C24H36FN3O5S/c1-34(30,31)26-21-6-4-12-28(24(29)18-10-15-32-16-11-18)23(21)17-33-19-8-13-27(14-9-19)22-7-3-2-5-20(22)25/h2-3,5,7,18-19,21,23,26H,4,6,8-17H2,1H3/t21-,23-/m0/s1. The molecular weight excluding hydrogens is 461 g/mol. The van der Waals surface area contributed by atoms with E-state index in [4.69, 9.17) is 9.47 Å². The molecule has 8 nitrogen and oxygen atoms in total. The van der Waals surface area contributed by atoms with Crippen molar-refractivity contribution in [2.24, 2.45) is 5.92 Å². The number of benzene rings is 1. The molecule has 0 saturated carbocycles. The molecule has 4 rings (SSSR count). The van der Waals surface area contributed by atoms with Crippen LogP contribution in [0.25, 0.3) is 0 Å². The molecule has 0 radical (unpaired) electrons. The zero-order valence-corrected chi connectivity index (χ0v) is 20.6. The van der Waals surface area contributed by atoms with Gasteiger partial charge in [-0.15, -0.1) is 0 Å². The Kier molecular flexibility index (Phi) is 8.44. The van der Waals surface area contributed by atoms with Gasteiger partial charge >= 0.3 is 0 Å². The summed E-state index contributed by atoms with van der Waals surface area (Å²) in [6, 6.07) is 6.07. The van der Waals surface area contributed by atoms with Crippen molar-refractivity contribution in [2.75, 3.05) is 50.6 Å². The Labute approximate surface area is 201 Å². The molecule has 1 aromatic rings. The van der Waals surface area contributed by atoms with E-state index < -0.39 is 10.0 Å². The Bertz CT molecular complexity index is 932. The van der Waals surface area contributed by atoms with E-state index in [9.17, 15) is 17.6 Å². The summed E-state index contributed by atoms with van der Waals surface area (Å²) in [4.78, 5) is 17.2. The summed E-state index contributed by atoms with van der Waals surface area (Å²) < 4.78 is 52.6. The minimum Gasteiger partial charge on any atom is -0.381 e. The van der Waals surface area contributed by atoms with Gasteiger partial charge in [0.05, 0.1) is 30.7 Å². The number of piperidine rings is 2. The summed E-state index contributed by atoms with van der Waals surface area (Å²) >= 11 is 0. The molecule has 190 valence electrons. The van der Waals surface area contributed by atoms with Gasteiger partial charge < -0.3 is 19.3 Å². The second kappa shape index (κ2) is 11.3. The molecule has 1 N–H and O–H groups in total. The van der Waals surface area contributed by atoms with Gasteiger partial charge in [0.25, 0.3) is 0 Å². The zero-order valence-electron chi connectivity index (χ0n) is 19.8. The van der Waals surface area contributed by atoms with Crippen molar-refractivity contribution >= 4 is 21.6 Å². The van der Waals surface area contributed by atoms with E-state index in [1.165, 1.54) is 6.07 Å². The van der Waals surface area contributed by atoms with E-state index in [1.807, 2.05) is 15.9 Å². The van der Waals surface area contributed by atoms with Gasteiger partial charge in [-0.3, -0.25) is 4.79 Å². The Balaban J connectivity index is 1.39. The fraction of sp³-hybridized carbons (Fsp3) is 0.708. The summed E-state index contributed by atoms with van der Waals surface area (Å²) in [7, 11) is -3.42. The topological polar surface area (TPSA) is 88.2 Å². The number of hydrogen-bond donors (Lipinski definition) is 1. The molecule has 0 bridgehead atoms. The van der Waals surface area contributed by atoms with Crippen LogP contribution in [0.1, 0.15) is 38.5 Å². The molecule has 2 atom stereocenters. The third kappa shape index (κ3) is 6.47. The molecule has 3 aliphatic rings. The predicted molar refractivity (Wildman–Crippen MR) is 128 cm³/mol. The van der Waals surface area contributed by atoms with E-state index in [0.29, 0.717) is 57.8 Å². The molecule has 0 spiro atoms. The Morgan fingerprint density at radius 3 is 2.50 bits per heavy atom. The Hall–Kier alpha value is -1.75. The maximum Gasteiger partial charge on any atom is 0.226 e. The number of rotatable bonds is 7. The maximum atomic E-state index is 14.1. The number of carbonyl (C=O) groups excluding carboxylic acids is 1. The van der Waals surface area contributed by atoms with Crippen molar-refractivity contribution < 1.29 is 27.1 Å². The van der Waals surface area contributed by atoms with Gasteiger partial charge in [0.2, 0.25) is 15.9 Å². The second-order valence-electron chi connectivity index (χ2n) is 9.60. The number of ether oxygens (including phenoxy) is 2. The molecule has 1 aromatic carbocycles. The normalized spacial score (nSPS) is 25.5. The summed E-state index contributed by atoms with van der Waals surface area (Å²) in [5.74, 6) is -0.232. The first-order valence-corrected chi connectivity index (χ1v) is 14.2. The molecule has 34 heavy (non-hydrogen) atoms. The highest BCUT2D eigenvalue weighted by atomic mass is 32.2. The highest BCUT2D eigenvalue weighted by Gasteiger charge is 2.39. The van der Waals surface area contributed by atoms with E-state index in [0.717, 1.165) is 25.5 Å². The van der Waals surface area contributed by atoms with Crippen LogP contribution in [0.5, 0.6) is 0 Å². The first-order valence-electron chi connectivity index (χ1n) is 12.3. The molecule has 0 unspecified atom stereocenters.